The van der Waals surface area contributed by atoms with Crippen LogP contribution >= 0.6 is 0 Å². The predicted octanol–water partition coefficient (Wildman–Crippen LogP) is 3.05. The van der Waals surface area contributed by atoms with Crippen LogP contribution in [0.5, 0.6) is 0 Å². The molecule has 16 heavy (non-hydrogen) atoms. The van der Waals surface area contributed by atoms with Crippen molar-refractivity contribution in [2.24, 2.45) is 5.92 Å². The summed E-state index contributed by atoms with van der Waals surface area (Å²) in [6.45, 7) is 7.16. The highest BCUT2D eigenvalue weighted by atomic mass is 16.4. The highest BCUT2D eigenvalue weighted by Crippen LogP contribution is 2.15. The fourth-order valence-corrected chi connectivity index (χ4v) is 1.91. The Kier molecular flexibility index (Phi) is 9.30. The van der Waals surface area contributed by atoms with Crippen molar-refractivity contribution in [2.45, 2.75) is 65.3 Å². The summed E-state index contributed by atoms with van der Waals surface area (Å²) in [5.41, 5.74) is 0. The smallest absolute Gasteiger partial charge is 0.320 e. The van der Waals surface area contributed by atoms with Gasteiger partial charge in [-0.05, 0) is 25.3 Å². The second-order valence-corrected chi connectivity index (χ2v) is 4.46. The number of unbranched alkanes of at least 4 members (excludes halogenated alkanes) is 1. The van der Waals surface area contributed by atoms with Gasteiger partial charge in [0.05, 0.1) is 0 Å². The maximum Gasteiger partial charge on any atom is 0.320 e. The third kappa shape index (κ3) is 6.83. The number of carbonyl (C=O) groups is 1. The number of rotatable bonds is 10. The Morgan fingerprint density at radius 1 is 1.19 bits per heavy atom. The van der Waals surface area contributed by atoms with Crippen molar-refractivity contribution in [3.05, 3.63) is 0 Å². The lowest BCUT2D eigenvalue weighted by atomic mass is 9.96. The molecule has 0 spiro atoms. The van der Waals surface area contributed by atoms with E-state index in [2.05, 4.69) is 19.2 Å². The normalized spacial score (nSPS) is 14.7. The standard InChI is InChI=1S/C13H27NO2/c1-4-7-8-11(5-2)9-10-14-12(6-3)13(15)16/h11-12,14H,4-10H2,1-3H3,(H,15,16). The largest absolute Gasteiger partial charge is 0.480 e. The van der Waals surface area contributed by atoms with Crippen LogP contribution in [0.4, 0.5) is 0 Å². The van der Waals surface area contributed by atoms with Crippen LogP contribution in [-0.4, -0.2) is 23.7 Å². The summed E-state index contributed by atoms with van der Waals surface area (Å²) in [5.74, 6) is 0.0165. The van der Waals surface area contributed by atoms with E-state index in [1.54, 1.807) is 0 Å². The van der Waals surface area contributed by atoms with Gasteiger partial charge in [0.15, 0.2) is 0 Å². The molecule has 0 saturated carbocycles. The summed E-state index contributed by atoms with van der Waals surface area (Å²) in [7, 11) is 0. The molecule has 3 heteroatoms. The maximum absolute atomic E-state index is 10.8. The first-order valence-corrected chi connectivity index (χ1v) is 6.61. The van der Waals surface area contributed by atoms with Crippen molar-refractivity contribution in [3.8, 4) is 0 Å². The summed E-state index contributed by atoms with van der Waals surface area (Å²) in [6, 6.07) is -0.372. The molecule has 0 fully saturated rings. The summed E-state index contributed by atoms with van der Waals surface area (Å²) in [6.07, 6.45) is 6.76. The van der Waals surface area contributed by atoms with Crippen LogP contribution in [-0.2, 0) is 4.79 Å². The van der Waals surface area contributed by atoms with Crippen molar-refractivity contribution in [3.63, 3.8) is 0 Å². The molecule has 2 N–H and O–H groups in total. The topological polar surface area (TPSA) is 49.3 Å². The van der Waals surface area contributed by atoms with E-state index >= 15 is 0 Å². The van der Waals surface area contributed by atoms with E-state index in [4.69, 9.17) is 5.11 Å². The van der Waals surface area contributed by atoms with Gasteiger partial charge < -0.3 is 10.4 Å². The summed E-state index contributed by atoms with van der Waals surface area (Å²) < 4.78 is 0. The molecule has 0 aliphatic carbocycles. The number of carboxylic acid groups (broad SMARTS) is 1. The minimum absolute atomic E-state index is 0.372. The van der Waals surface area contributed by atoms with Gasteiger partial charge in [-0.2, -0.15) is 0 Å². The van der Waals surface area contributed by atoms with Crippen molar-refractivity contribution in [2.75, 3.05) is 6.54 Å². The Labute approximate surface area is 99.6 Å². The SMILES string of the molecule is CCCCC(CC)CCNC(CC)C(=O)O. The van der Waals surface area contributed by atoms with E-state index in [0.29, 0.717) is 6.42 Å². The Morgan fingerprint density at radius 2 is 1.88 bits per heavy atom. The molecule has 0 heterocycles. The Bertz CT molecular complexity index is 183. The quantitative estimate of drug-likeness (QED) is 0.605. The van der Waals surface area contributed by atoms with Gasteiger partial charge in [-0.1, -0.05) is 46.5 Å². The second-order valence-electron chi connectivity index (χ2n) is 4.46. The third-order valence-electron chi connectivity index (χ3n) is 3.19. The number of nitrogens with one attached hydrogen (secondary N) is 1. The fraction of sp³-hybridized carbons (Fsp3) is 0.923. The number of hydrogen-bond acceptors (Lipinski definition) is 2. The fourth-order valence-electron chi connectivity index (χ4n) is 1.91. The molecule has 0 aromatic heterocycles. The van der Waals surface area contributed by atoms with Gasteiger partial charge in [0.1, 0.15) is 6.04 Å². The van der Waals surface area contributed by atoms with Crippen molar-refractivity contribution in [1.29, 1.82) is 0 Å². The maximum atomic E-state index is 10.8. The molecule has 0 aromatic carbocycles. The highest BCUT2D eigenvalue weighted by molar-refractivity contribution is 5.73. The van der Waals surface area contributed by atoms with E-state index in [0.717, 1.165) is 18.9 Å². The van der Waals surface area contributed by atoms with Crippen LogP contribution < -0.4 is 5.32 Å². The van der Waals surface area contributed by atoms with Crippen LogP contribution in [0, 0.1) is 5.92 Å². The van der Waals surface area contributed by atoms with E-state index in [1.165, 1.54) is 25.7 Å². The average molecular weight is 229 g/mol. The first-order valence-electron chi connectivity index (χ1n) is 6.61. The molecule has 2 atom stereocenters. The van der Waals surface area contributed by atoms with Gasteiger partial charge >= 0.3 is 5.97 Å². The monoisotopic (exact) mass is 229 g/mol. The van der Waals surface area contributed by atoms with Crippen LogP contribution in [0.25, 0.3) is 0 Å². The highest BCUT2D eigenvalue weighted by Gasteiger charge is 2.14. The number of carboxylic acids is 1. The van der Waals surface area contributed by atoms with Crippen molar-refractivity contribution in [1.82, 2.24) is 5.32 Å². The molecule has 96 valence electrons. The molecule has 0 aliphatic rings. The Hall–Kier alpha value is -0.570. The van der Waals surface area contributed by atoms with Crippen LogP contribution in [0.2, 0.25) is 0 Å². The lowest BCUT2D eigenvalue weighted by Gasteiger charge is -2.17. The van der Waals surface area contributed by atoms with Gasteiger partial charge in [0.2, 0.25) is 0 Å². The lowest BCUT2D eigenvalue weighted by molar-refractivity contribution is -0.139. The second kappa shape index (κ2) is 9.64. The third-order valence-corrected chi connectivity index (χ3v) is 3.19. The molecule has 2 unspecified atom stereocenters. The molecular weight excluding hydrogens is 202 g/mol. The van der Waals surface area contributed by atoms with Gasteiger partial charge in [0, 0.05) is 0 Å². The minimum atomic E-state index is -0.732. The lowest BCUT2D eigenvalue weighted by Crippen LogP contribution is -2.37. The molecule has 0 saturated heterocycles. The van der Waals surface area contributed by atoms with E-state index in [-0.39, 0.29) is 6.04 Å². The van der Waals surface area contributed by atoms with Crippen molar-refractivity contribution >= 4 is 5.97 Å². The molecule has 0 radical (unpaired) electrons. The van der Waals surface area contributed by atoms with Gasteiger partial charge in [-0.25, -0.2) is 0 Å². The molecule has 3 nitrogen and oxygen atoms in total. The zero-order valence-corrected chi connectivity index (χ0v) is 11.0. The molecule has 0 bridgehead atoms. The first-order chi connectivity index (χ1) is 7.65. The van der Waals surface area contributed by atoms with Crippen LogP contribution in [0.1, 0.15) is 59.3 Å². The zero-order valence-electron chi connectivity index (χ0n) is 11.0. The summed E-state index contributed by atoms with van der Waals surface area (Å²) in [4.78, 5) is 10.8. The van der Waals surface area contributed by atoms with Crippen LogP contribution in [0.3, 0.4) is 0 Å². The molecule has 0 amide bonds. The first kappa shape index (κ1) is 15.4. The Morgan fingerprint density at radius 3 is 2.31 bits per heavy atom. The predicted molar refractivity (Wildman–Crippen MR) is 67.6 cm³/mol. The van der Waals surface area contributed by atoms with Crippen LogP contribution in [0.15, 0.2) is 0 Å². The summed E-state index contributed by atoms with van der Waals surface area (Å²) in [5, 5.41) is 12.0. The molecule has 0 aromatic rings. The van der Waals surface area contributed by atoms with Gasteiger partial charge in [-0.3, -0.25) is 4.79 Å². The zero-order chi connectivity index (χ0) is 12.4. The van der Waals surface area contributed by atoms with Gasteiger partial charge in [-0.15, -0.1) is 0 Å². The van der Waals surface area contributed by atoms with E-state index < -0.39 is 5.97 Å². The number of aliphatic carboxylic acids is 1. The van der Waals surface area contributed by atoms with Crippen molar-refractivity contribution < 1.29 is 9.90 Å². The number of hydrogen-bond donors (Lipinski definition) is 2. The molecular formula is C13H27NO2. The molecule has 0 aliphatic heterocycles. The minimum Gasteiger partial charge on any atom is -0.480 e. The van der Waals surface area contributed by atoms with Gasteiger partial charge in [0.25, 0.3) is 0 Å². The van der Waals surface area contributed by atoms with E-state index in [1.807, 2.05) is 6.92 Å². The summed E-state index contributed by atoms with van der Waals surface area (Å²) >= 11 is 0. The molecule has 0 rings (SSSR count). The Balaban J connectivity index is 3.71. The van der Waals surface area contributed by atoms with E-state index in [9.17, 15) is 4.79 Å². The average Bonchev–Trinajstić information content (AvgIpc) is 2.28.